The molecule has 0 aliphatic carbocycles. The van der Waals surface area contributed by atoms with Crippen LogP contribution in [0.5, 0.6) is 0 Å². The van der Waals surface area contributed by atoms with E-state index < -0.39 is 6.04 Å². The van der Waals surface area contributed by atoms with Gasteiger partial charge >= 0.3 is 0 Å². The molecule has 2 aromatic rings. The zero-order valence-corrected chi connectivity index (χ0v) is 14.4. The maximum atomic E-state index is 12.2. The van der Waals surface area contributed by atoms with Crippen LogP contribution in [-0.2, 0) is 22.5 Å². The SMILES string of the molecule is NC(C(=O)NCCc1nccn1Cc1ccccc1)C1CCOCC1. The van der Waals surface area contributed by atoms with Crippen molar-refractivity contribution < 1.29 is 9.53 Å². The van der Waals surface area contributed by atoms with Crippen molar-refractivity contribution >= 4 is 5.91 Å². The molecule has 0 radical (unpaired) electrons. The van der Waals surface area contributed by atoms with Gasteiger partial charge in [-0.1, -0.05) is 30.3 Å². The molecule has 1 amide bonds. The van der Waals surface area contributed by atoms with Gasteiger partial charge in [-0.2, -0.15) is 0 Å². The highest BCUT2D eigenvalue weighted by Crippen LogP contribution is 2.17. The molecule has 6 nitrogen and oxygen atoms in total. The summed E-state index contributed by atoms with van der Waals surface area (Å²) in [5.74, 6) is 1.10. The van der Waals surface area contributed by atoms with Gasteiger partial charge in [-0.25, -0.2) is 4.98 Å². The number of nitrogens with zero attached hydrogens (tertiary/aromatic N) is 2. The Hall–Kier alpha value is -2.18. The molecule has 6 heteroatoms. The Morgan fingerprint density at radius 3 is 2.84 bits per heavy atom. The number of amides is 1. The first kappa shape index (κ1) is 17.6. The molecule has 1 aromatic heterocycles. The lowest BCUT2D eigenvalue weighted by molar-refractivity contribution is -0.124. The molecular weight excluding hydrogens is 316 g/mol. The minimum atomic E-state index is -0.451. The van der Waals surface area contributed by atoms with E-state index in [0.29, 0.717) is 26.2 Å². The van der Waals surface area contributed by atoms with Gasteiger partial charge in [0.15, 0.2) is 0 Å². The Morgan fingerprint density at radius 1 is 1.32 bits per heavy atom. The van der Waals surface area contributed by atoms with Crippen LogP contribution in [0.1, 0.15) is 24.2 Å². The monoisotopic (exact) mass is 342 g/mol. The molecule has 3 rings (SSSR count). The first-order chi connectivity index (χ1) is 12.2. The second-order valence-electron chi connectivity index (χ2n) is 6.47. The molecule has 1 aliphatic rings. The first-order valence-corrected chi connectivity index (χ1v) is 8.89. The molecule has 1 aliphatic heterocycles. The molecule has 3 N–H and O–H groups in total. The number of hydrogen-bond acceptors (Lipinski definition) is 4. The normalized spacial score (nSPS) is 16.5. The lowest BCUT2D eigenvalue weighted by atomic mass is 9.92. The van der Waals surface area contributed by atoms with Crippen molar-refractivity contribution in [2.24, 2.45) is 11.7 Å². The molecular formula is C19H26N4O2. The highest BCUT2D eigenvalue weighted by Gasteiger charge is 2.26. The number of rotatable bonds is 7. The van der Waals surface area contributed by atoms with E-state index in [4.69, 9.17) is 10.5 Å². The summed E-state index contributed by atoms with van der Waals surface area (Å²) < 4.78 is 7.43. The Morgan fingerprint density at radius 2 is 2.08 bits per heavy atom. The van der Waals surface area contributed by atoms with Crippen LogP contribution in [0.3, 0.4) is 0 Å². The van der Waals surface area contributed by atoms with E-state index in [9.17, 15) is 4.79 Å². The lowest BCUT2D eigenvalue weighted by Crippen LogP contribution is -2.47. The largest absolute Gasteiger partial charge is 0.381 e. The van der Waals surface area contributed by atoms with Gasteiger partial charge in [0.25, 0.3) is 0 Å². The van der Waals surface area contributed by atoms with Crippen LogP contribution in [0.15, 0.2) is 42.7 Å². The number of imidazole rings is 1. The van der Waals surface area contributed by atoms with Crippen molar-refractivity contribution in [2.75, 3.05) is 19.8 Å². The summed E-state index contributed by atoms with van der Waals surface area (Å²) in [5.41, 5.74) is 7.32. The third kappa shape index (κ3) is 4.90. The van der Waals surface area contributed by atoms with E-state index >= 15 is 0 Å². The first-order valence-electron chi connectivity index (χ1n) is 8.89. The third-order valence-corrected chi connectivity index (χ3v) is 4.72. The fourth-order valence-corrected chi connectivity index (χ4v) is 3.20. The van der Waals surface area contributed by atoms with Crippen LogP contribution in [0.2, 0.25) is 0 Å². The molecule has 1 unspecified atom stereocenters. The van der Waals surface area contributed by atoms with Crippen molar-refractivity contribution in [3.63, 3.8) is 0 Å². The zero-order valence-electron chi connectivity index (χ0n) is 14.4. The van der Waals surface area contributed by atoms with Gasteiger partial charge in [0, 0.05) is 45.1 Å². The predicted molar refractivity (Wildman–Crippen MR) is 96.0 cm³/mol. The molecule has 134 valence electrons. The number of hydrogen-bond donors (Lipinski definition) is 2. The standard InChI is InChI=1S/C19H26N4O2/c20-18(16-7-12-25-13-8-16)19(24)22-9-6-17-21-10-11-23(17)14-15-4-2-1-3-5-15/h1-5,10-11,16,18H,6-9,12-14,20H2,(H,22,24). The molecule has 2 heterocycles. The number of nitrogens with two attached hydrogens (primary N) is 1. The summed E-state index contributed by atoms with van der Waals surface area (Å²) in [6.45, 7) is 2.72. The summed E-state index contributed by atoms with van der Waals surface area (Å²) in [7, 11) is 0. The maximum absolute atomic E-state index is 12.2. The van der Waals surface area contributed by atoms with Crippen LogP contribution < -0.4 is 11.1 Å². The number of benzene rings is 1. The van der Waals surface area contributed by atoms with Gasteiger partial charge in [0.05, 0.1) is 6.04 Å². The van der Waals surface area contributed by atoms with E-state index in [1.807, 2.05) is 24.4 Å². The van der Waals surface area contributed by atoms with Crippen molar-refractivity contribution in [3.8, 4) is 0 Å². The van der Waals surface area contributed by atoms with Gasteiger partial charge in [0.2, 0.25) is 5.91 Å². The molecule has 1 aromatic carbocycles. The minimum absolute atomic E-state index is 0.0759. The number of carbonyl (C=O) groups is 1. The van der Waals surface area contributed by atoms with Crippen molar-refractivity contribution in [2.45, 2.75) is 31.8 Å². The van der Waals surface area contributed by atoms with Gasteiger partial charge < -0.3 is 20.4 Å². The minimum Gasteiger partial charge on any atom is -0.381 e. The molecule has 1 atom stereocenters. The summed E-state index contributed by atoms with van der Waals surface area (Å²) in [4.78, 5) is 16.7. The van der Waals surface area contributed by atoms with Crippen molar-refractivity contribution in [1.29, 1.82) is 0 Å². The third-order valence-electron chi connectivity index (χ3n) is 4.72. The number of aromatic nitrogens is 2. The van der Waals surface area contributed by atoms with Gasteiger partial charge in [-0.15, -0.1) is 0 Å². The quantitative estimate of drug-likeness (QED) is 0.796. The summed E-state index contributed by atoms with van der Waals surface area (Å²) >= 11 is 0. The van der Waals surface area contributed by atoms with Gasteiger partial charge in [-0.3, -0.25) is 4.79 Å². The van der Waals surface area contributed by atoms with Crippen molar-refractivity contribution in [3.05, 3.63) is 54.1 Å². The highest BCUT2D eigenvalue weighted by molar-refractivity contribution is 5.81. The van der Waals surface area contributed by atoms with Crippen LogP contribution in [0.25, 0.3) is 0 Å². The van der Waals surface area contributed by atoms with Crippen LogP contribution >= 0.6 is 0 Å². The van der Waals surface area contributed by atoms with E-state index in [1.54, 1.807) is 6.20 Å². The summed E-state index contributed by atoms with van der Waals surface area (Å²) in [6.07, 6.45) is 6.17. The average Bonchev–Trinajstić information content (AvgIpc) is 3.09. The number of ether oxygens (including phenoxy) is 1. The topological polar surface area (TPSA) is 82.2 Å². The van der Waals surface area contributed by atoms with Crippen molar-refractivity contribution in [1.82, 2.24) is 14.9 Å². The fourth-order valence-electron chi connectivity index (χ4n) is 3.20. The highest BCUT2D eigenvalue weighted by atomic mass is 16.5. The fraction of sp³-hybridized carbons (Fsp3) is 0.474. The molecule has 25 heavy (non-hydrogen) atoms. The Balaban J connectivity index is 1.47. The van der Waals surface area contributed by atoms with E-state index in [1.165, 1.54) is 5.56 Å². The molecule has 0 saturated carbocycles. The molecule has 0 spiro atoms. The predicted octanol–water partition coefficient (Wildman–Crippen LogP) is 1.34. The molecule has 0 bridgehead atoms. The van der Waals surface area contributed by atoms with Crippen LogP contribution in [-0.4, -0.2) is 41.3 Å². The van der Waals surface area contributed by atoms with E-state index in [2.05, 4.69) is 27.0 Å². The Kier molecular flexibility index (Phi) is 6.19. The number of carbonyl (C=O) groups excluding carboxylic acids is 1. The van der Waals surface area contributed by atoms with E-state index in [-0.39, 0.29) is 11.8 Å². The lowest BCUT2D eigenvalue weighted by Gasteiger charge is -2.26. The second-order valence-corrected chi connectivity index (χ2v) is 6.47. The van der Waals surface area contributed by atoms with Gasteiger partial charge in [0.1, 0.15) is 5.82 Å². The Labute approximate surface area is 148 Å². The molecule has 1 fully saturated rings. The second kappa shape index (κ2) is 8.78. The van der Waals surface area contributed by atoms with E-state index in [0.717, 1.165) is 25.2 Å². The number of nitrogens with one attached hydrogen (secondary N) is 1. The van der Waals surface area contributed by atoms with Crippen LogP contribution in [0, 0.1) is 5.92 Å². The Bertz CT molecular complexity index is 665. The summed E-state index contributed by atoms with van der Waals surface area (Å²) in [6, 6.07) is 9.81. The average molecular weight is 342 g/mol. The maximum Gasteiger partial charge on any atom is 0.237 e. The summed E-state index contributed by atoms with van der Waals surface area (Å²) in [5, 5.41) is 2.95. The zero-order chi connectivity index (χ0) is 17.5. The molecule has 1 saturated heterocycles. The smallest absolute Gasteiger partial charge is 0.237 e. The van der Waals surface area contributed by atoms with Gasteiger partial charge in [-0.05, 0) is 24.3 Å². The van der Waals surface area contributed by atoms with Crippen LogP contribution in [0.4, 0.5) is 0 Å².